The van der Waals surface area contributed by atoms with Gasteiger partial charge in [-0.3, -0.25) is 4.79 Å². The SMILES string of the molecule is CCOC(=O)n1c2ccccc2c(=O)n1C/C=C/c1ccccc1. The average molecular weight is 322 g/mol. The molecule has 5 heteroatoms. The number of nitrogens with zero attached hydrogens (tertiary/aromatic N) is 2. The van der Waals surface area contributed by atoms with Gasteiger partial charge in [-0.15, -0.1) is 0 Å². The fourth-order valence-electron chi connectivity index (χ4n) is 2.60. The number of allylic oxidation sites excluding steroid dienone is 1. The van der Waals surface area contributed by atoms with Gasteiger partial charge in [0.15, 0.2) is 0 Å². The molecule has 0 saturated carbocycles. The highest BCUT2D eigenvalue weighted by Crippen LogP contribution is 2.12. The van der Waals surface area contributed by atoms with Crippen LogP contribution in [-0.2, 0) is 11.3 Å². The van der Waals surface area contributed by atoms with E-state index in [0.717, 1.165) is 5.56 Å². The Kier molecular flexibility index (Phi) is 4.61. The molecule has 0 fully saturated rings. The van der Waals surface area contributed by atoms with Crippen LogP contribution in [0.5, 0.6) is 0 Å². The first-order valence-electron chi connectivity index (χ1n) is 7.81. The molecule has 5 nitrogen and oxygen atoms in total. The van der Waals surface area contributed by atoms with Crippen LogP contribution in [0.25, 0.3) is 17.0 Å². The van der Waals surface area contributed by atoms with E-state index in [1.807, 2.05) is 42.5 Å². The highest BCUT2D eigenvalue weighted by Gasteiger charge is 2.18. The minimum absolute atomic E-state index is 0.212. The highest BCUT2D eigenvalue weighted by atomic mass is 16.6. The number of rotatable bonds is 4. The summed E-state index contributed by atoms with van der Waals surface area (Å²) >= 11 is 0. The molecule has 0 aliphatic carbocycles. The number of hydrogen-bond donors (Lipinski definition) is 0. The van der Waals surface area contributed by atoms with Crippen molar-refractivity contribution in [3.63, 3.8) is 0 Å². The van der Waals surface area contributed by atoms with Gasteiger partial charge in [-0.05, 0) is 24.6 Å². The largest absolute Gasteiger partial charge is 0.448 e. The van der Waals surface area contributed by atoms with E-state index in [4.69, 9.17) is 4.74 Å². The molecule has 24 heavy (non-hydrogen) atoms. The van der Waals surface area contributed by atoms with Crippen LogP contribution in [-0.4, -0.2) is 22.1 Å². The Morgan fingerprint density at radius 1 is 1.08 bits per heavy atom. The maximum atomic E-state index is 12.6. The molecule has 0 N–H and O–H groups in total. The number of carbonyl (C=O) groups is 1. The normalized spacial score (nSPS) is 11.2. The molecule has 0 aliphatic heterocycles. The van der Waals surface area contributed by atoms with Crippen LogP contribution in [0, 0.1) is 0 Å². The van der Waals surface area contributed by atoms with Crippen molar-refractivity contribution >= 4 is 23.1 Å². The van der Waals surface area contributed by atoms with Crippen molar-refractivity contribution in [2.24, 2.45) is 0 Å². The maximum Gasteiger partial charge on any atom is 0.433 e. The summed E-state index contributed by atoms with van der Waals surface area (Å²) in [6, 6.07) is 16.8. The fourth-order valence-corrected chi connectivity index (χ4v) is 2.60. The van der Waals surface area contributed by atoms with Crippen LogP contribution in [0.4, 0.5) is 4.79 Å². The summed E-state index contributed by atoms with van der Waals surface area (Å²) in [7, 11) is 0. The van der Waals surface area contributed by atoms with Crippen LogP contribution in [0.3, 0.4) is 0 Å². The first kappa shape index (κ1) is 15.8. The maximum absolute atomic E-state index is 12.6. The third kappa shape index (κ3) is 3.01. The second kappa shape index (κ2) is 7.00. The first-order chi connectivity index (χ1) is 11.7. The van der Waals surface area contributed by atoms with Crippen molar-refractivity contribution in [2.75, 3.05) is 6.61 Å². The average Bonchev–Trinajstić information content (AvgIpc) is 2.89. The fraction of sp³-hybridized carbons (Fsp3) is 0.158. The van der Waals surface area contributed by atoms with Gasteiger partial charge in [-0.2, -0.15) is 4.68 Å². The van der Waals surface area contributed by atoms with Gasteiger partial charge in [-0.1, -0.05) is 54.6 Å². The number of para-hydroxylation sites is 1. The molecule has 1 heterocycles. The zero-order chi connectivity index (χ0) is 16.9. The van der Waals surface area contributed by atoms with E-state index in [-0.39, 0.29) is 18.7 Å². The van der Waals surface area contributed by atoms with Crippen molar-refractivity contribution in [1.29, 1.82) is 0 Å². The number of fused-ring (bicyclic) bond motifs is 1. The number of hydrogen-bond acceptors (Lipinski definition) is 3. The van der Waals surface area contributed by atoms with Crippen molar-refractivity contribution in [3.05, 3.63) is 76.6 Å². The smallest absolute Gasteiger partial charge is 0.433 e. The minimum Gasteiger partial charge on any atom is -0.448 e. The van der Waals surface area contributed by atoms with Gasteiger partial charge < -0.3 is 4.74 Å². The Labute approximate surface area is 139 Å². The van der Waals surface area contributed by atoms with Gasteiger partial charge in [0.25, 0.3) is 5.56 Å². The second-order valence-electron chi connectivity index (χ2n) is 5.23. The molecule has 0 aliphatic rings. The Morgan fingerprint density at radius 3 is 2.54 bits per heavy atom. The summed E-state index contributed by atoms with van der Waals surface area (Å²) in [4.78, 5) is 24.9. The van der Waals surface area contributed by atoms with Crippen molar-refractivity contribution in [1.82, 2.24) is 9.36 Å². The summed E-state index contributed by atoms with van der Waals surface area (Å²) in [5, 5.41) is 0.499. The molecule has 2 aromatic carbocycles. The number of ether oxygens (including phenoxy) is 1. The molecule has 3 aromatic rings. The van der Waals surface area contributed by atoms with Crippen LogP contribution in [0.15, 0.2) is 65.5 Å². The summed E-state index contributed by atoms with van der Waals surface area (Å²) in [6.45, 7) is 2.27. The molecule has 3 rings (SSSR count). The summed E-state index contributed by atoms with van der Waals surface area (Å²) in [6.07, 6.45) is 3.22. The first-order valence-corrected chi connectivity index (χ1v) is 7.81. The Morgan fingerprint density at radius 2 is 1.79 bits per heavy atom. The monoisotopic (exact) mass is 322 g/mol. The van der Waals surface area contributed by atoms with Crippen LogP contribution in [0.2, 0.25) is 0 Å². The van der Waals surface area contributed by atoms with E-state index < -0.39 is 6.09 Å². The molecular formula is C19H18N2O3. The second-order valence-corrected chi connectivity index (χ2v) is 5.23. The van der Waals surface area contributed by atoms with E-state index >= 15 is 0 Å². The predicted octanol–water partition coefficient (Wildman–Crippen LogP) is 3.52. The van der Waals surface area contributed by atoms with Gasteiger partial charge in [-0.25, -0.2) is 9.48 Å². The predicted molar refractivity (Wildman–Crippen MR) is 94.1 cm³/mol. The number of aromatic nitrogens is 2. The van der Waals surface area contributed by atoms with Crippen LogP contribution >= 0.6 is 0 Å². The molecule has 0 bridgehead atoms. The Balaban J connectivity index is 2.01. The molecular weight excluding hydrogens is 304 g/mol. The van der Waals surface area contributed by atoms with Crippen molar-refractivity contribution in [3.8, 4) is 0 Å². The highest BCUT2D eigenvalue weighted by molar-refractivity contribution is 5.87. The topological polar surface area (TPSA) is 53.2 Å². The molecule has 0 unspecified atom stereocenters. The van der Waals surface area contributed by atoms with E-state index in [2.05, 4.69) is 0 Å². The van der Waals surface area contributed by atoms with Crippen molar-refractivity contribution in [2.45, 2.75) is 13.5 Å². The van der Waals surface area contributed by atoms with E-state index in [1.54, 1.807) is 31.2 Å². The molecule has 0 radical (unpaired) electrons. The van der Waals surface area contributed by atoms with Crippen LogP contribution < -0.4 is 5.56 Å². The van der Waals surface area contributed by atoms with Crippen molar-refractivity contribution < 1.29 is 9.53 Å². The lowest BCUT2D eigenvalue weighted by Crippen LogP contribution is -2.28. The van der Waals surface area contributed by atoms with Gasteiger partial charge in [0.2, 0.25) is 0 Å². The standard InChI is InChI=1S/C19H18N2O3/c1-2-24-19(23)21-17-13-7-6-12-16(17)18(22)20(21)14-8-11-15-9-4-3-5-10-15/h3-13H,2,14H2,1H3/b11-8+. The third-order valence-corrected chi connectivity index (χ3v) is 3.67. The molecule has 1 aromatic heterocycles. The van der Waals surface area contributed by atoms with Gasteiger partial charge >= 0.3 is 6.09 Å². The zero-order valence-electron chi connectivity index (χ0n) is 13.4. The summed E-state index contributed by atoms with van der Waals surface area (Å²) in [5.74, 6) is 0. The van der Waals surface area contributed by atoms with E-state index in [0.29, 0.717) is 10.9 Å². The van der Waals surface area contributed by atoms with E-state index in [9.17, 15) is 9.59 Å². The molecule has 122 valence electrons. The zero-order valence-corrected chi connectivity index (χ0v) is 13.4. The molecule has 0 amide bonds. The number of carbonyl (C=O) groups excluding carboxylic acids is 1. The molecule has 0 saturated heterocycles. The quantitative estimate of drug-likeness (QED) is 0.738. The third-order valence-electron chi connectivity index (χ3n) is 3.67. The van der Waals surface area contributed by atoms with Gasteiger partial charge in [0, 0.05) is 0 Å². The van der Waals surface area contributed by atoms with E-state index in [1.165, 1.54) is 9.36 Å². The lowest BCUT2D eigenvalue weighted by molar-refractivity contribution is 0.147. The summed E-state index contributed by atoms with van der Waals surface area (Å²) < 4.78 is 7.79. The van der Waals surface area contributed by atoms with Crippen LogP contribution in [0.1, 0.15) is 12.5 Å². The molecule has 0 atom stereocenters. The Bertz CT molecular complexity index is 936. The number of benzene rings is 2. The molecule has 0 spiro atoms. The van der Waals surface area contributed by atoms with Gasteiger partial charge in [0.05, 0.1) is 24.1 Å². The lowest BCUT2D eigenvalue weighted by atomic mass is 10.2. The summed E-state index contributed by atoms with van der Waals surface area (Å²) in [5.41, 5.74) is 1.37. The lowest BCUT2D eigenvalue weighted by Gasteiger charge is -2.09. The Hall–Kier alpha value is -3.08. The van der Waals surface area contributed by atoms with Gasteiger partial charge in [0.1, 0.15) is 0 Å². The minimum atomic E-state index is -0.552.